The van der Waals surface area contributed by atoms with Crippen LogP contribution in [0.4, 0.5) is 0 Å². The molecule has 2 aromatic carbocycles. The average molecular weight is 355 g/mol. The number of primary amides is 1. The number of carbonyl (C=O) groups is 1. The molecule has 0 saturated carbocycles. The Morgan fingerprint density at radius 3 is 2.72 bits per heavy atom. The average Bonchev–Trinajstić information content (AvgIpc) is 3.06. The fourth-order valence-electron chi connectivity index (χ4n) is 2.12. The van der Waals surface area contributed by atoms with Gasteiger partial charge in [0.15, 0.2) is 6.61 Å². The zero-order chi connectivity index (χ0) is 17.6. The second-order valence-corrected chi connectivity index (χ2v) is 6.34. The predicted molar refractivity (Wildman–Crippen MR) is 94.3 cm³/mol. The van der Waals surface area contributed by atoms with Gasteiger partial charge in [0, 0.05) is 11.3 Å². The van der Waals surface area contributed by atoms with Crippen LogP contribution in [0.3, 0.4) is 0 Å². The zero-order valence-electron chi connectivity index (χ0n) is 13.6. The summed E-state index contributed by atoms with van der Waals surface area (Å²) >= 11 is 1.42. The number of nitrogens with two attached hydrogens (primary N) is 1. The highest BCUT2D eigenvalue weighted by Crippen LogP contribution is 2.22. The SMILES string of the molecule is Cc1cccc(OCc2nnc(SCc3ccc(C(N)=O)cc3)o2)c1. The number of thioether (sulfide) groups is 1. The van der Waals surface area contributed by atoms with Crippen molar-refractivity contribution in [1.29, 1.82) is 0 Å². The van der Waals surface area contributed by atoms with Crippen LogP contribution in [-0.2, 0) is 12.4 Å². The van der Waals surface area contributed by atoms with E-state index >= 15 is 0 Å². The summed E-state index contributed by atoms with van der Waals surface area (Å²) in [5, 5.41) is 8.45. The van der Waals surface area contributed by atoms with Crippen molar-refractivity contribution in [2.75, 3.05) is 0 Å². The van der Waals surface area contributed by atoms with Gasteiger partial charge in [-0.05, 0) is 42.3 Å². The molecule has 0 aliphatic heterocycles. The van der Waals surface area contributed by atoms with Gasteiger partial charge in [-0.25, -0.2) is 0 Å². The lowest BCUT2D eigenvalue weighted by atomic mass is 10.1. The Balaban J connectivity index is 1.52. The summed E-state index contributed by atoms with van der Waals surface area (Å²) in [5.41, 5.74) is 7.87. The third kappa shape index (κ3) is 4.84. The number of aryl methyl sites for hydroxylation is 1. The zero-order valence-corrected chi connectivity index (χ0v) is 14.5. The molecule has 0 aliphatic carbocycles. The minimum absolute atomic E-state index is 0.227. The second kappa shape index (κ2) is 7.85. The second-order valence-electron chi connectivity index (χ2n) is 5.42. The molecule has 1 amide bonds. The molecule has 1 aromatic heterocycles. The topological polar surface area (TPSA) is 91.2 Å². The van der Waals surface area contributed by atoms with Gasteiger partial charge < -0.3 is 14.9 Å². The molecule has 128 valence electrons. The van der Waals surface area contributed by atoms with Gasteiger partial charge in [-0.3, -0.25) is 4.79 Å². The predicted octanol–water partition coefficient (Wildman–Crippen LogP) is 3.35. The van der Waals surface area contributed by atoms with Crippen LogP contribution in [0.5, 0.6) is 5.75 Å². The van der Waals surface area contributed by atoms with Crippen molar-refractivity contribution in [2.24, 2.45) is 5.73 Å². The van der Waals surface area contributed by atoms with Gasteiger partial charge in [0.2, 0.25) is 5.91 Å². The van der Waals surface area contributed by atoms with Crippen LogP contribution in [0, 0.1) is 6.92 Å². The Hall–Kier alpha value is -2.80. The number of amides is 1. The van der Waals surface area contributed by atoms with Crippen LogP contribution in [-0.4, -0.2) is 16.1 Å². The van der Waals surface area contributed by atoms with E-state index in [0.29, 0.717) is 22.4 Å². The van der Waals surface area contributed by atoms with E-state index in [-0.39, 0.29) is 6.61 Å². The Bertz CT molecular complexity index is 862. The van der Waals surface area contributed by atoms with Gasteiger partial charge in [0.1, 0.15) is 5.75 Å². The molecule has 0 spiro atoms. The molecule has 7 heteroatoms. The molecular formula is C18H17N3O3S. The van der Waals surface area contributed by atoms with Crippen molar-refractivity contribution >= 4 is 17.7 Å². The molecule has 6 nitrogen and oxygen atoms in total. The molecule has 0 unspecified atom stereocenters. The van der Waals surface area contributed by atoms with E-state index in [4.69, 9.17) is 14.9 Å². The Morgan fingerprint density at radius 1 is 1.20 bits per heavy atom. The number of nitrogens with zero attached hydrogens (tertiary/aromatic N) is 2. The van der Waals surface area contributed by atoms with Crippen molar-refractivity contribution in [1.82, 2.24) is 10.2 Å². The van der Waals surface area contributed by atoms with Crippen molar-refractivity contribution in [3.8, 4) is 5.75 Å². The molecule has 3 rings (SSSR count). The normalized spacial score (nSPS) is 10.6. The Kier molecular flexibility index (Phi) is 5.35. The molecule has 0 atom stereocenters. The quantitative estimate of drug-likeness (QED) is 0.654. The van der Waals surface area contributed by atoms with Crippen LogP contribution in [0.25, 0.3) is 0 Å². The number of carbonyl (C=O) groups excluding carboxylic acids is 1. The number of benzene rings is 2. The summed E-state index contributed by atoms with van der Waals surface area (Å²) in [6, 6.07) is 14.9. The van der Waals surface area contributed by atoms with Gasteiger partial charge in [0.05, 0.1) is 0 Å². The summed E-state index contributed by atoms with van der Waals surface area (Å²) in [5.74, 6) is 1.41. The first kappa shape index (κ1) is 17.0. The van der Waals surface area contributed by atoms with E-state index in [2.05, 4.69) is 10.2 Å². The van der Waals surface area contributed by atoms with Gasteiger partial charge in [-0.15, -0.1) is 10.2 Å². The molecular weight excluding hydrogens is 338 g/mol. The van der Waals surface area contributed by atoms with E-state index in [1.54, 1.807) is 12.1 Å². The summed E-state index contributed by atoms with van der Waals surface area (Å²) in [4.78, 5) is 11.0. The molecule has 2 N–H and O–H groups in total. The van der Waals surface area contributed by atoms with Crippen LogP contribution in [0.1, 0.15) is 27.4 Å². The summed E-state index contributed by atoms with van der Waals surface area (Å²) in [6.45, 7) is 2.23. The highest BCUT2D eigenvalue weighted by atomic mass is 32.2. The van der Waals surface area contributed by atoms with E-state index in [1.165, 1.54) is 11.8 Å². The minimum atomic E-state index is -0.436. The summed E-state index contributed by atoms with van der Waals surface area (Å²) in [6.07, 6.45) is 0. The first-order valence-electron chi connectivity index (χ1n) is 7.63. The van der Waals surface area contributed by atoms with Crippen molar-refractivity contribution in [3.05, 3.63) is 71.1 Å². The molecule has 0 saturated heterocycles. The maximum Gasteiger partial charge on any atom is 0.277 e. The molecule has 1 heterocycles. The van der Waals surface area contributed by atoms with Crippen LogP contribution in [0.2, 0.25) is 0 Å². The highest BCUT2D eigenvalue weighted by Gasteiger charge is 2.08. The standard InChI is InChI=1S/C18H17N3O3S/c1-12-3-2-4-15(9-12)23-10-16-20-21-18(24-16)25-11-13-5-7-14(8-6-13)17(19)22/h2-9H,10-11H2,1H3,(H2,19,22). The lowest BCUT2D eigenvalue weighted by molar-refractivity contribution is 0.100. The van der Waals surface area contributed by atoms with Crippen LogP contribution < -0.4 is 10.5 Å². The van der Waals surface area contributed by atoms with Crippen LogP contribution in [0.15, 0.2) is 58.2 Å². The Morgan fingerprint density at radius 2 is 2.00 bits per heavy atom. The number of hydrogen-bond acceptors (Lipinski definition) is 6. The fraction of sp³-hybridized carbons (Fsp3) is 0.167. The van der Waals surface area contributed by atoms with Gasteiger partial charge >= 0.3 is 0 Å². The molecule has 0 aliphatic rings. The molecule has 0 fully saturated rings. The monoisotopic (exact) mass is 355 g/mol. The molecule has 3 aromatic rings. The van der Waals surface area contributed by atoms with Gasteiger partial charge in [0.25, 0.3) is 11.1 Å². The third-order valence-corrected chi connectivity index (χ3v) is 4.29. The number of rotatable bonds is 7. The van der Waals surface area contributed by atoms with Gasteiger partial charge in [-0.1, -0.05) is 36.0 Å². The Labute approximate surface area is 149 Å². The van der Waals surface area contributed by atoms with E-state index < -0.39 is 5.91 Å². The van der Waals surface area contributed by atoms with Crippen molar-refractivity contribution in [2.45, 2.75) is 24.5 Å². The molecule has 25 heavy (non-hydrogen) atoms. The van der Waals surface area contributed by atoms with E-state index in [0.717, 1.165) is 16.9 Å². The first-order valence-corrected chi connectivity index (χ1v) is 8.62. The van der Waals surface area contributed by atoms with Crippen LogP contribution >= 0.6 is 11.8 Å². The van der Waals surface area contributed by atoms with E-state index in [1.807, 2.05) is 43.3 Å². The van der Waals surface area contributed by atoms with E-state index in [9.17, 15) is 4.79 Å². The molecule has 0 bridgehead atoms. The fourth-order valence-corrected chi connectivity index (χ4v) is 2.85. The molecule has 0 radical (unpaired) electrons. The lowest BCUT2D eigenvalue weighted by Gasteiger charge is -2.03. The number of hydrogen-bond donors (Lipinski definition) is 1. The van der Waals surface area contributed by atoms with Crippen molar-refractivity contribution < 1.29 is 13.9 Å². The third-order valence-electron chi connectivity index (χ3n) is 3.40. The number of ether oxygens (including phenoxy) is 1. The maximum atomic E-state index is 11.0. The largest absolute Gasteiger partial charge is 0.484 e. The smallest absolute Gasteiger partial charge is 0.277 e. The number of aromatic nitrogens is 2. The van der Waals surface area contributed by atoms with Crippen molar-refractivity contribution in [3.63, 3.8) is 0 Å². The lowest BCUT2D eigenvalue weighted by Crippen LogP contribution is -2.10. The minimum Gasteiger partial charge on any atom is -0.484 e. The summed E-state index contributed by atoms with van der Waals surface area (Å²) in [7, 11) is 0. The summed E-state index contributed by atoms with van der Waals surface area (Å²) < 4.78 is 11.2. The highest BCUT2D eigenvalue weighted by molar-refractivity contribution is 7.98. The van der Waals surface area contributed by atoms with Gasteiger partial charge in [-0.2, -0.15) is 0 Å². The maximum absolute atomic E-state index is 11.0. The first-order chi connectivity index (χ1) is 12.1.